The van der Waals surface area contributed by atoms with Crippen molar-refractivity contribution in [3.8, 4) is 0 Å². The molecule has 0 amide bonds. The van der Waals surface area contributed by atoms with Crippen LogP contribution in [0.2, 0.25) is 0 Å². The molecule has 1 unspecified atom stereocenters. The minimum Gasteiger partial charge on any atom is -0.323 e. The largest absolute Gasteiger partial charge is 0.443 e. The first kappa shape index (κ1) is 13.4. The molecule has 0 aliphatic heterocycles. The van der Waals surface area contributed by atoms with Crippen LogP contribution < -0.4 is 5.73 Å². The van der Waals surface area contributed by atoms with Gasteiger partial charge in [0.1, 0.15) is 0 Å². The van der Waals surface area contributed by atoms with Gasteiger partial charge in [-0.1, -0.05) is 26.7 Å². The van der Waals surface area contributed by atoms with Crippen molar-refractivity contribution in [2.45, 2.75) is 38.9 Å². The highest BCUT2D eigenvalue weighted by atomic mass is 32.1. The Morgan fingerprint density at radius 2 is 1.94 bits per heavy atom. The van der Waals surface area contributed by atoms with Gasteiger partial charge in [0.25, 0.3) is 0 Å². The summed E-state index contributed by atoms with van der Waals surface area (Å²) in [5, 5.41) is -0.816. The Bertz CT molecular complexity index is 331. The predicted molar refractivity (Wildman–Crippen MR) is 58.1 cm³/mol. The van der Waals surface area contributed by atoms with Gasteiger partial charge in [-0.25, -0.2) is 4.98 Å². The zero-order valence-corrected chi connectivity index (χ0v) is 10.0. The van der Waals surface area contributed by atoms with Crippen LogP contribution in [0.15, 0.2) is 6.20 Å². The second-order valence-electron chi connectivity index (χ2n) is 3.67. The lowest BCUT2D eigenvalue weighted by Crippen LogP contribution is -2.19. The number of thiazole rings is 1. The van der Waals surface area contributed by atoms with Crippen LogP contribution in [0.3, 0.4) is 0 Å². The number of alkyl halides is 3. The summed E-state index contributed by atoms with van der Waals surface area (Å²) in [6.45, 7) is 3.97. The molecule has 1 atom stereocenters. The van der Waals surface area contributed by atoms with E-state index in [1.54, 1.807) is 0 Å². The number of halogens is 3. The highest BCUT2D eigenvalue weighted by molar-refractivity contribution is 7.11. The SMILES string of the molecule is CCC(CC)C(N)c1cnc(C(F)(F)F)s1. The van der Waals surface area contributed by atoms with E-state index >= 15 is 0 Å². The van der Waals surface area contributed by atoms with E-state index in [1.165, 1.54) is 6.20 Å². The van der Waals surface area contributed by atoms with Crippen molar-refractivity contribution in [1.82, 2.24) is 4.98 Å². The second-order valence-corrected chi connectivity index (χ2v) is 4.73. The molecule has 0 spiro atoms. The monoisotopic (exact) mass is 252 g/mol. The van der Waals surface area contributed by atoms with Gasteiger partial charge in [-0.2, -0.15) is 13.2 Å². The molecule has 0 saturated heterocycles. The Kier molecular flexibility index (Phi) is 4.32. The fraction of sp³-hybridized carbons (Fsp3) is 0.700. The highest BCUT2D eigenvalue weighted by Gasteiger charge is 2.35. The van der Waals surface area contributed by atoms with E-state index in [-0.39, 0.29) is 12.0 Å². The third kappa shape index (κ3) is 2.95. The lowest BCUT2D eigenvalue weighted by molar-refractivity contribution is -0.137. The Balaban J connectivity index is 2.85. The first-order valence-electron chi connectivity index (χ1n) is 5.18. The topological polar surface area (TPSA) is 38.9 Å². The van der Waals surface area contributed by atoms with Crippen LogP contribution in [0.1, 0.15) is 42.6 Å². The van der Waals surface area contributed by atoms with Gasteiger partial charge in [-0.15, -0.1) is 11.3 Å². The highest BCUT2D eigenvalue weighted by Crippen LogP contribution is 2.36. The number of nitrogens with two attached hydrogens (primary N) is 1. The van der Waals surface area contributed by atoms with Crippen molar-refractivity contribution in [3.63, 3.8) is 0 Å². The molecule has 0 bridgehead atoms. The van der Waals surface area contributed by atoms with E-state index in [2.05, 4.69) is 4.98 Å². The van der Waals surface area contributed by atoms with Gasteiger partial charge in [0, 0.05) is 17.1 Å². The van der Waals surface area contributed by atoms with E-state index in [4.69, 9.17) is 5.73 Å². The maximum atomic E-state index is 12.3. The quantitative estimate of drug-likeness (QED) is 0.889. The molecule has 1 aromatic heterocycles. The summed E-state index contributed by atoms with van der Waals surface area (Å²) in [7, 11) is 0. The molecule has 0 fully saturated rings. The third-order valence-electron chi connectivity index (χ3n) is 2.65. The van der Waals surface area contributed by atoms with Crippen LogP contribution >= 0.6 is 11.3 Å². The minimum absolute atomic E-state index is 0.210. The molecular weight excluding hydrogens is 237 g/mol. The number of hydrogen-bond donors (Lipinski definition) is 1. The number of hydrogen-bond acceptors (Lipinski definition) is 3. The standard InChI is InChI=1S/C10H15F3N2S/c1-3-6(4-2)8(14)7-5-15-9(16-7)10(11,12)13/h5-6,8H,3-4,14H2,1-2H3. The summed E-state index contributed by atoms with van der Waals surface area (Å²) >= 11 is 0.646. The average molecular weight is 252 g/mol. The number of nitrogens with zero attached hydrogens (tertiary/aromatic N) is 1. The van der Waals surface area contributed by atoms with Crippen molar-refractivity contribution >= 4 is 11.3 Å². The smallest absolute Gasteiger partial charge is 0.323 e. The molecule has 2 N–H and O–H groups in total. The molecule has 92 valence electrons. The summed E-state index contributed by atoms with van der Waals surface area (Å²) < 4.78 is 37.0. The Morgan fingerprint density at radius 1 is 1.38 bits per heavy atom. The summed E-state index contributed by atoms with van der Waals surface area (Å²) in [6.07, 6.45) is -1.40. The molecule has 0 aliphatic rings. The van der Waals surface area contributed by atoms with E-state index in [1.807, 2.05) is 13.8 Å². The summed E-state index contributed by atoms with van der Waals surface area (Å²) in [5.74, 6) is 0.210. The van der Waals surface area contributed by atoms with E-state index in [0.29, 0.717) is 16.2 Å². The lowest BCUT2D eigenvalue weighted by Gasteiger charge is -2.19. The summed E-state index contributed by atoms with van der Waals surface area (Å²) in [6, 6.07) is -0.344. The minimum atomic E-state index is -4.36. The molecule has 6 heteroatoms. The van der Waals surface area contributed by atoms with Crippen molar-refractivity contribution < 1.29 is 13.2 Å². The Morgan fingerprint density at radius 3 is 2.31 bits per heavy atom. The van der Waals surface area contributed by atoms with Crippen molar-refractivity contribution in [2.75, 3.05) is 0 Å². The molecule has 16 heavy (non-hydrogen) atoms. The van der Waals surface area contributed by atoms with Crippen LogP contribution in [-0.2, 0) is 6.18 Å². The van der Waals surface area contributed by atoms with Gasteiger partial charge in [0.15, 0.2) is 5.01 Å². The molecular formula is C10H15F3N2S. The van der Waals surface area contributed by atoms with Crippen molar-refractivity contribution in [2.24, 2.45) is 11.7 Å². The molecule has 1 rings (SSSR count). The van der Waals surface area contributed by atoms with Gasteiger partial charge in [-0.05, 0) is 5.92 Å². The summed E-state index contributed by atoms with van der Waals surface area (Å²) in [5.41, 5.74) is 5.92. The van der Waals surface area contributed by atoms with Gasteiger partial charge in [0.2, 0.25) is 0 Å². The molecule has 0 radical (unpaired) electrons. The molecule has 2 nitrogen and oxygen atoms in total. The molecule has 0 saturated carbocycles. The third-order valence-corrected chi connectivity index (χ3v) is 3.79. The van der Waals surface area contributed by atoms with Crippen LogP contribution in [0.5, 0.6) is 0 Å². The normalized spacial score (nSPS) is 14.4. The van der Waals surface area contributed by atoms with Crippen LogP contribution in [0.4, 0.5) is 13.2 Å². The van der Waals surface area contributed by atoms with E-state index in [0.717, 1.165) is 12.8 Å². The first-order chi connectivity index (χ1) is 7.40. The second kappa shape index (κ2) is 5.14. The average Bonchev–Trinajstić information content (AvgIpc) is 2.67. The van der Waals surface area contributed by atoms with Gasteiger partial charge >= 0.3 is 6.18 Å². The van der Waals surface area contributed by atoms with Crippen molar-refractivity contribution in [3.05, 3.63) is 16.1 Å². The van der Waals surface area contributed by atoms with E-state index < -0.39 is 11.2 Å². The Hall–Kier alpha value is -0.620. The zero-order chi connectivity index (χ0) is 12.3. The van der Waals surface area contributed by atoms with Gasteiger partial charge < -0.3 is 5.73 Å². The zero-order valence-electron chi connectivity index (χ0n) is 9.21. The predicted octanol–water partition coefficient (Wildman–Crippen LogP) is 3.60. The summed E-state index contributed by atoms with van der Waals surface area (Å²) in [4.78, 5) is 3.89. The molecule has 1 heterocycles. The van der Waals surface area contributed by atoms with Crippen LogP contribution in [0, 0.1) is 5.92 Å². The maximum Gasteiger partial charge on any atom is 0.443 e. The Labute approximate surface area is 96.7 Å². The first-order valence-corrected chi connectivity index (χ1v) is 6.00. The lowest BCUT2D eigenvalue weighted by atomic mass is 9.94. The molecule has 0 aliphatic carbocycles. The molecule has 1 aromatic rings. The van der Waals surface area contributed by atoms with Gasteiger partial charge in [-0.3, -0.25) is 0 Å². The maximum absolute atomic E-state index is 12.3. The number of rotatable bonds is 4. The fourth-order valence-electron chi connectivity index (χ4n) is 1.60. The number of aromatic nitrogens is 1. The molecule has 0 aromatic carbocycles. The van der Waals surface area contributed by atoms with Crippen LogP contribution in [0.25, 0.3) is 0 Å². The van der Waals surface area contributed by atoms with E-state index in [9.17, 15) is 13.2 Å². The van der Waals surface area contributed by atoms with Crippen LogP contribution in [-0.4, -0.2) is 4.98 Å². The van der Waals surface area contributed by atoms with Crippen molar-refractivity contribution in [1.29, 1.82) is 0 Å². The fourth-order valence-corrected chi connectivity index (χ4v) is 2.48. The van der Waals surface area contributed by atoms with Gasteiger partial charge in [0.05, 0.1) is 0 Å².